The number of hydrogen-bond acceptors (Lipinski definition) is 3. The lowest BCUT2D eigenvalue weighted by atomic mass is 9.75. The summed E-state index contributed by atoms with van der Waals surface area (Å²) in [6.45, 7) is 0.339. The minimum atomic E-state index is -0.790. The van der Waals surface area contributed by atoms with E-state index in [-0.39, 0.29) is 16.9 Å². The van der Waals surface area contributed by atoms with Crippen molar-refractivity contribution in [3.8, 4) is 0 Å². The van der Waals surface area contributed by atoms with E-state index < -0.39 is 5.60 Å². The smallest absolute Gasteiger partial charge is 0.258 e. The van der Waals surface area contributed by atoms with Gasteiger partial charge in [-0.3, -0.25) is 9.59 Å². The van der Waals surface area contributed by atoms with Gasteiger partial charge in [0.2, 0.25) is 5.91 Å². The number of pyridine rings is 1. The molecule has 1 amide bonds. The summed E-state index contributed by atoms with van der Waals surface area (Å²) in [7, 11) is 0. The van der Waals surface area contributed by atoms with Crippen molar-refractivity contribution in [2.45, 2.75) is 76.4 Å². The van der Waals surface area contributed by atoms with E-state index in [4.69, 9.17) is 0 Å². The predicted octanol–water partition coefficient (Wildman–Crippen LogP) is 4.46. The SMILES string of the molecule is O=C(Nc1cccc2c(=O)n(CC3(O)CCCCC3)ccc12)C12C[C@@H]3CC1C[C@@H](C3)C2. The highest BCUT2D eigenvalue weighted by molar-refractivity contribution is 6.04. The minimum absolute atomic E-state index is 0.0911. The van der Waals surface area contributed by atoms with Crippen LogP contribution in [0.3, 0.4) is 0 Å². The molecule has 31 heavy (non-hydrogen) atoms. The molecule has 0 aliphatic heterocycles. The topological polar surface area (TPSA) is 71.3 Å². The molecule has 0 saturated heterocycles. The van der Waals surface area contributed by atoms with E-state index in [2.05, 4.69) is 5.32 Å². The number of hydrogen-bond donors (Lipinski definition) is 2. The summed E-state index contributed by atoms with van der Waals surface area (Å²) >= 11 is 0. The number of aromatic nitrogens is 1. The number of amides is 1. The van der Waals surface area contributed by atoms with Gasteiger partial charge in [0.05, 0.1) is 17.6 Å². The molecule has 0 spiro atoms. The van der Waals surface area contributed by atoms with Crippen LogP contribution >= 0.6 is 0 Å². The number of nitrogens with zero attached hydrogens (tertiary/aromatic N) is 1. The Kier molecular flexibility index (Phi) is 4.37. The van der Waals surface area contributed by atoms with Gasteiger partial charge in [-0.1, -0.05) is 25.3 Å². The molecule has 5 saturated carbocycles. The fourth-order valence-corrected chi connectivity index (χ4v) is 7.65. The predicted molar refractivity (Wildman–Crippen MR) is 121 cm³/mol. The largest absolute Gasteiger partial charge is 0.388 e. The summed E-state index contributed by atoms with van der Waals surface area (Å²) in [6, 6.07) is 7.52. The number of rotatable bonds is 4. The van der Waals surface area contributed by atoms with Crippen molar-refractivity contribution in [2.24, 2.45) is 23.2 Å². The molecule has 2 N–H and O–H groups in total. The van der Waals surface area contributed by atoms with Crippen molar-refractivity contribution in [1.82, 2.24) is 4.57 Å². The summed E-state index contributed by atoms with van der Waals surface area (Å²) in [6.07, 6.45) is 12.3. The molecule has 5 heteroatoms. The van der Waals surface area contributed by atoms with Crippen LogP contribution in [0.5, 0.6) is 0 Å². The summed E-state index contributed by atoms with van der Waals surface area (Å²) in [4.78, 5) is 26.7. The Morgan fingerprint density at radius 1 is 1.03 bits per heavy atom. The zero-order chi connectivity index (χ0) is 21.2. The number of aliphatic hydroxyl groups is 1. The molecule has 1 heterocycles. The molecule has 164 valence electrons. The molecule has 4 atom stereocenters. The molecule has 1 aromatic heterocycles. The van der Waals surface area contributed by atoms with Crippen molar-refractivity contribution in [3.63, 3.8) is 0 Å². The van der Waals surface area contributed by atoms with Gasteiger partial charge in [0.1, 0.15) is 0 Å². The fourth-order valence-electron chi connectivity index (χ4n) is 7.65. The lowest BCUT2D eigenvalue weighted by Crippen LogP contribution is -2.39. The van der Waals surface area contributed by atoms with E-state index >= 15 is 0 Å². The average Bonchev–Trinajstić information content (AvgIpc) is 3.16. The van der Waals surface area contributed by atoms with E-state index in [0.29, 0.717) is 17.8 Å². The van der Waals surface area contributed by atoms with E-state index in [1.807, 2.05) is 24.3 Å². The molecule has 5 aliphatic rings. The summed E-state index contributed by atoms with van der Waals surface area (Å²) in [5.74, 6) is 2.16. The number of carbonyl (C=O) groups is 1. The first-order valence-corrected chi connectivity index (χ1v) is 12.1. The highest BCUT2D eigenvalue weighted by atomic mass is 16.3. The van der Waals surface area contributed by atoms with Gasteiger partial charge in [-0.15, -0.1) is 0 Å². The Morgan fingerprint density at radius 2 is 1.77 bits per heavy atom. The number of anilines is 1. The van der Waals surface area contributed by atoms with Gasteiger partial charge < -0.3 is 15.0 Å². The quantitative estimate of drug-likeness (QED) is 0.767. The fraction of sp³-hybridized carbons (Fsp3) is 0.615. The maximum atomic E-state index is 13.5. The van der Waals surface area contributed by atoms with Crippen LogP contribution in [0.4, 0.5) is 5.69 Å². The maximum Gasteiger partial charge on any atom is 0.258 e. The Morgan fingerprint density at radius 3 is 2.52 bits per heavy atom. The summed E-state index contributed by atoms with van der Waals surface area (Å²) < 4.78 is 1.65. The Hall–Kier alpha value is -2.14. The zero-order valence-corrected chi connectivity index (χ0v) is 18.1. The van der Waals surface area contributed by atoms with Crippen LogP contribution < -0.4 is 10.9 Å². The van der Waals surface area contributed by atoms with Crippen molar-refractivity contribution in [2.75, 3.05) is 5.32 Å². The van der Waals surface area contributed by atoms with E-state index in [1.165, 1.54) is 19.3 Å². The van der Waals surface area contributed by atoms with Crippen molar-refractivity contribution in [3.05, 3.63) is 40.8 Å². The average molecular weight is 421 g/mol. The molecule has 5 fully saturated rings. The minimum Gasteiger partial charge on any atom is -0.388 e. The molecular weight excluding hydrogens is 388 g/mol. The zero-order valence-electron chi connectivity index (χ0n) is 18.1. The van der Waals surface area contributed by atoms with Crippen LogP contribution in [0, 0.1) is 23.2 Å². The molecule has 7 rings (SSSR count). The monoisotopic (exact) mass is 420 g/mol. The van der Waals surface area contributed by atoms with Gasteiger partial charge in [0.15, 0.2) is 0 Å². The lowest BCUT2D eigenvalue weighted by Gasteiger charge is -2.32. The molecule has 1 aromatic carbocycles. The Labute approximate surface area is 182 Å². The summed E-state index contributed by atoms with van der Waals surface area (Å²) in [5.41, 5.74) is -0.327. The second kappa shape index (κ2) is 6.93. The van der Waals surface area contributed by atoms with Crippen molar-refractivity contribution in [1.29, 1.82) is 0 Å². The molecule has 2 aromatic rings. The standard InChI is InChI=1S/C26H32N2O3/c29-23-21-5-4-6-22(20(21)7-10-28(23)16-25(31)8-2-1-3-9-25)27-24(30)26-14-17-11-18(15-26)13-19(26)12-17/h4-7,10,17-19,31H,1-3,8-9,11-16H2,(H,27,30)/t17-,18+,19?,26?. The van der Waals surface area contributed by atoms with Gasteiger partial charge in [-0.05, 0) is 80.9 Å². The second-order valence-electron chi connectivity index (χ2n) is 11.0. The highest BCUT2D eigenvalue weighted by Gasteiger charge is 2.61. The first-order valence-electron chi connectivity index (χ1n) is 12.1. The third kappa shape index (κ3) is 3.07. The number of fused-ring (bicyclic) bond motifs is 1. The molecule has 0 radical (unpaired) electrons. The molecule has 5 nitrogen and oxygen atoms in total. The lowest BCUT2D eigenvalue weighted by molar-refractivity contribution is -0.127. The first kappa shape index (κ1) is 19.5. The van der Waals surface area contributed by atoms with Crippen LogP contribution in [0.15, 0.2) is 35.3 Å². The van der Waals surface area contributed by atoms with Crippen LogP contribution in [-0.4, -0.2) is 21.2 Å². The molecule has 2 unspecified atom stereocenters. The first-order chi connectivity index (χ1) is 15.0. The molecular formula is C26H32N2O3. The van der Waals surface area contributed by atoms with Gasteiger partial charge in [-0.2, -0.15) is 0 Å². The molecule has 4 bridgehead atoms. The third-order valence-electron chi connectivity index (χ3n) is 8.96. The Bertz CT molecular complexity index is 1080. The van der Waals surface area contributed by atoms with Gasteiger partial charge in [0, 0.05) is 22.7 Å². The van der Waals surface area contributed by atoms with Crippen LogP contribution in [0.25, 0.3) is 10.8 Å². The number of carbonyl (C=O) groups excluding carboxylic acids is 1. The van der Waals surface area contributed by atoms with Gasteiger partial charge >= 0.3 is 0 Å². The van der Waals surface area contributed by atoms with Crippen molar-refractivity contribution >= 4 is 22.4 Å². The van der Waals surface area contributed by atoms with E-state index in [1.54, 1.807) is 10.8 Å². The number of nitrogens with one attached hydrogen (secondary N) is 1. The van der Waals surface area contributed by atoms with Crippen LogP contribution in [0.2, 0.25) is 0 Å². The van der Waals surface area contributed by atoms with Gasteiger partial charge in [0.25, 0.3) is 5.56 Å². The normalized spacial score (nSPS) is 33.1. The third-order valence-corrected chi connectivity index (χ3v) is 8.96. The molecule has 5 aliphatic carbocycles. The van der Waals surface area contributed by atoms with Crippen LogP contribution in [-0.2, 0) is 11.3 Å². The summed E-state index contributed by atoms with van der Waals surface area (Å²) in [5, 5.41) is 15.5. The van der Waals surface area contributed by atoms with Crippen molar-refractivity contribution < 1.29 is 9.90 Å². The van der Waals surface area contributed by atoms with Crippen LogP contribution in [0.1, 0.15) is 64.2 Å². The maximum absolute atomic E-state index is 13.5. The van der Waals surface area contributed by atoms with Gasteiger partial charge in [-0.25, -0.2) is 0 Å². The Balaban J connectivity index is 1.29. The van der Waals surface area contributed by atoms with E-state index in [9.17, 15) is 14.7 Å². The highest BCUT2D eigenvalue weighted by Crippen LogP contribution is 2.65. The second-order valence-corrected chi connectivity index (χ2v) is 11.0. The van der Waals surface area contributed by atoms with E-state index in [0.717, 1.165) is 67.9 Å². The number of benzene rings is 1.